The van der Waals surface area contributed by atoms with E-state index in [0.29, 0.717) is 23.7 Å². The van der Waals surface area contributed by atoms with Crippen LogP contribution in [0.4, 0.5) is 0 Å². The Bertz CT molecular complexity index is 777. The Morgan fingerprint density at radius 3 is 2.42 bits per heavy atom. The first-order valence-electron chi connectivity index (χ1n) is 8.34. The Morgan fingerprint density at radius 1 is 1.08 bits per heavy atom. The van der Waals surface area contributed by atoms with Crippen LogP contribution in [0, 0.1) is 0 Å². The van der Waals surface area contributed by atoms with Gasteiger partial charge in [-0.15, -0.1) is 0 Å². The van der Waals surface area contributed by atoms with Gasteiger partial charge in [-0.05, 0) is 50.3 Å². The van der Waals surface area contributed by atoms with E-state index in [1.807, 2.05) is 25.1 Å². The van der Waals surface area contributed by atoms with E-state index < -0.39 is 12.1 Å². The lowest BCUT2D eigenvalue weighted by molar-refractivity contribution is -0.140. The van der Waals surface area contributed by atoms with Crippen LogP contribution in [-0.4, -0.2) is 31.6 Å². The van der Waals surface area contributed by atoms with Crippen LogP contribution in [-0.2, 0) is 9.53 Å². The van der Waals surface area contributed by atoms with E-state index in [2.05, 4.69) is 0 Å². The number of hydrogen-bond donors (Lipinski definition) is 0. The van der Waals surface area contributed by atoms with Crippen LogP contribution in [0.5, 0.6) is 11.5 Å². The average molecular weight is 354 g/mol. The third kappa shape index (κ3) is 5.21. The highest BCUT2D eigenvalue weighted by atomic mass is 16.5. The molecule has 2 aromatic carbocycles. The van der Waals surface area contributed by atoms with E-state index in [-0.39, 0.29) is 5.78 Å². The zero-order valence-corrected chi connectivity index (χ0v) is 15.1. The molecule has 0 aliphatic carbocycles. The van der Waals surface area contributed by atoms with Crippen molar-refractivity contribution in [2.24, 2.45) is 0 Å². The van der Waals surface area contributed by atoms with Gasteiger partial charge in [0.25, 0.3) is 0 Å². The molecular formula is C21H22O5. The van der Waals surface area contributed by atoms with Crippen LogP contribution in [0.25, 0.3) is 6.08 Å². The molecule has 0 saturated heterocycles. The second-order valence-electron chi connectivity index (χ2n) is 5.48. The largest absolute Gasteiger partial charge is 0.496 e. The number of carbonyl (C=O) groups excluding carboxylic acids is 2. The van der Waals surface area contributed by atoms with Crippen LogP contribution < -0.4 is 9.47 Å². The zero-order chi connectivity index (χ0) is 18.9. The molecule has 0 aliphatic heterocycles. The maximum absolute atomic E-state index is 12.4. The highest BCUT2D eigenvalue weighted by Crippen LogP contribution is 2.19. The fourth-order valence-electron chi connectivity index (χ4n) is 2.35. The monoisotopic (exact) mass is 354 g/mol. The molecule has 0 saturated carbocycles. The molecule has 0 aromatic heterocycles. The third-order valence-corrected chi connectivity index (χ3v) is 3.65. The maximum atomic E-state index is 12.4. The predicted molar refractivity (Wildman–Crippen MR) is 99.5 cm³/mol. The van der Waals surface area contributed by atoms with Gasteiger partial charge in [-0.3, -0.25) is 4.79 Å². The van der Waals surface area contributed by atoms with Gasteiger partial charge in [-0.2, -0.15) is 0 Å². The van der Waals surface area contributed by atoms with Crippen LogP contribution in [0.1, 0.15) is 29.8 Å². The van der Waals surface area contributed by atoms with Gasteiger partial charge < -0.3 is 14.2 Å². The summed E-state index contributed by atoms with van der Waals surface area (Å²) in [4.78, 5) is 24.3. The minimum atomic E-state index is -0.886. The van der Waals surface area contributed by atoms with E-state index in [0.717, 1.165) is 5.56 Å². The molecule has 0 unspecified atom stereocenters. The fraction of sp³-hybridized carbons (Fsp3) is 0.238. The number of carbonyl (C=O) groups is 2. The van der Waals surface area contributed by atoms with Crippen molar-refractivity contribution in [1.82, 2.24) is 0 Å². The van der Waals surface area contributed by atoms with Gasteiger partial charge in [0.2, 0.25) is 5.78 Å². The van der Waals surface area contributed by atoms with Crippen molar-refractivity contribution >= 4 is 17.8 Å². The molecule has 0 aliphatic rings. The number of benzene rings is 2. The maximum Gasteiger partial charge on any atom is 0.331 e. The lowest BCUT2D eigenvalue weighted by Gasteiger charge is -2.11. The lowest BCUT2D eigenvalue weighted by atomic mass is 10.1. The first-order chi connectivity index (χ1) is 12.5. The highest BCUT2D eigenvalue weighted by molar-refractivity contribution is 6.01. The number of ether oxygens (including phenoxy) is 3. The van der Waals surface area contributed by atoms with Crippen molar-refractivity contribution in [3.8, 4) is 11.5 Å². The number of Topliss-reactive ketones (excluding diaryl/α,β-unsaturated/α-hetero) is 1. The smallest absolute Gasteiger partial charge is 0.331 e. The minimum absolute atomic E-state index is 0.271. The van der Waals surface area contributed by atoms with Crippen LogP contribution >= 0.6 is 0 Å². The first-order valence-corrected chi connectivity index (χ1v) is 8.34. The molecule has 0 amide bonds. The third-order valence-electron chi connectivity index (χ3n) is 3.65. The fourth-order valence-corrected chi connectivity index (χ4v) is 2.35. The molecule has 136 valence electrons. The molecule has 0 spiro atoms. The summed E-state index contributed by atoms with van der Waals surface area (Å²) in [6.07, 6.45) is 1.98. The molecular weight excluding hydrogens is 332 g/mol. The van der Waals surface area contributed by atoms with Crippen LogP contribution in [0.2, 0.25) is 0 Å². The molecule has 0 bridgehead atoms. The van der Waals surface area contributed by atoms with Crippen molar-refractivity contribution < 1.29 is 23.8 Å². The zero-order valence-electron chi connectivity index (χ0n) is 15.1. The van der Waals surface area contributed by atoms with Gasteiger partial charge in [0.15, 0.2) is 6.10 Å². The standard InChI is InChI=1S/C21H22O5/c1-4-25-18-12-9-17(10-13-18)21(23)15(2)26-20(22)14-11-16-7-5-6-8-19(16)24-3/h5-15H,4H2,1-3H3/b14-11+/t15-/m1/s1. The van der Waals surface area contributed by atoms with E-state index in [9.17, 15) is 9.59 Å². The average Bonchev–Trinajstić information content (AvgIpc) is 2.66. The molecule has 0 N–H and O–H groups in total. The number of esters is 1. The molecule has 2 rings (SSSR count). The van der Waals surface area contributed by atoms with Gasteiger partial charge in [0, 0.05) is 17.2 Å². The normalized spacial score (nSPS) is 11.8. The molecule has 0 radical (unpaired) electrons. The molecule has 0 heterocycles. The lowest BCUT2D eigenvalue weighted by Crippen LogP contribution is -2.23. The van der Waals surface area contributed by atoms with E-state index in [1.54, 1.807) is 50.4 Å². The number of rotatable bonds is 8. The van der Waals surface area contributed by atoms with Gasteiger partial charge in [-0.25, -0.2) is 4.79 Å². The Balaban J connectivity index is 1.97. The summed E-state index contributed by atoms with van der Waals surface area (Å²) in [6, 6.07) is 14.0. The highest BCUT2D eigenvalue weighted by Gasteiger charge is 2.18. The summed E-state index contributed by atoms with van der Waals surface area (Å²) in [6.45, 7) is 3.99. The molecule has 2 aromatic rings. The second-order valence-corrected chi connectivity index (χ2v) is 5.48. The number of methoxy groups -OCH3 is 1. The Labute approximate surface area is 153 Å². The van der Waals surface area contributed by atoms with E-state index >= 15 is 0 Å². The van der Waals surface area contributed by atoms with Crippen molar-refractivity contribution in [3.05, 3.63) is 65.7 Å². The van der Waals surface area contributed by atoms with Gasteiger partial charge in [0.1, 0.15) is 11.5 Å². The number of para-hydroxylation sites is 1. The summed E-state index contributed by atoms with van der Waals surface area (Å²) in [7, 11) is 1.56. The van der Waals surface area contributed by atoms with Crippen LogP contribution in [0.3, 0.4) is 0 Å². The first kappa shape index (κ1) is 19.2. The summed E-state index contributed by atoms with van der Waals surface area (Å²) < 4.78 is 15.7. The molecule has 1 atom stereocenters. The summed E-state index contributed by atoms with van der Waals surface area (Å²) in [5.41, 5.74) is 1.21. The van der Waals surface area contributed by atoms with Crippen LogP contribution in [0.15, 0.2) is 54.6 Å². The van der Waals surface area contributed by atoms with E-state index in [1.165, 1.54) is 6.08 Å². The second kappa shape index (κ2) is 9.42. The Hall–Kier alpha value is -3.08. The predicted octanol–water partition coefficient (Wildman–Crippen LogP) is 3.92. The quantitative estimate of drug-likeness (QED) is 0.408. The van der Waals surface area contributed by atoms with Gasteiger partial charge in [-0.1, -0.05) is 18.2 Å². The Kier molecular flexibility index (Phi) is 6.97. The van der Waals surface area contributed by atoms with Gasteiger partial charge >= 0.3 is 5.97 Å². The van der Waals surface area contributed by atoms with E-state index in [4.69, 9.17) is 14.2 Å². The molecule has 0 fully saturated rings. The number of hydrogen-bond acceptors (Lipinski definition) is 5. The van der Waals surface area contributed by atoms with Gasteiger partial charge in [0.05, 0.1) is 13.7 Å². The summed E-state index contributed by atoms with van der Waals surface area (Å²) in [5, 5.41) is 0. The molecule has 5 heteroatoms. The topological polar surface area (TPSA) is 61.8 Å². The Morgan fingerprint density at radius 2 is 1.77 bits per heavy atom. The van der Waals surface area contributed by atoms with Crippen molar-refractivity contribution in [2.75, 3.05) is 13.7 Å². The van der Waals surface area contributed by atoms with Crippen molar-refractivity contribution in [2.45, 2.75) is 20.0 Å². The van der Waals surface area contributed by atoms with Crippen molar-refractivity contribution in [3.63, 3.8) is 0 Å². The SMILES string of the molecule is CCOc1ccc(C(=O)[C@@H](C)OC(=O)/C=C/c2ccccc2OC)cc1. The minimum Gasteiger partial charge on any atom is -0.496 e. The number of ketones is 1. The molecule has 5 nitrogen and oxygen atoms in total. The van der Waals surface area contributed by atoms with Crippen molar-refractivity contribution in [1.29, 1.82) is 0 Å². The molecule has 26 heavy (non-hydrogen) atoms. The summed E-state index contributed by atoms with van der Waals surface area (Å²) >= 11 is 0. The summed E-state index contributed by atoms with van der Waals surface area (Å²) in [5.74, 6) is 0.471.